The van der Waals surface area contributed by atoms with Crippen LogP contribution in [-0.2, 0) is 7.05 Å². The molecular formula is C28H28N8O2. The summed E-state index contributed by atoms with van der Waals surface area (Å²) in [5, 5.41) is 3.44. The number of likely N-dealkylation sites (N-methyl/N-ethyl adjacent to an activating group) is 1. The van der Waals surface area contributed by atoms with Crippen LogP contribution < -0.4 is 19.7 Å². The maximum atomic E-state index is 6.18. The van der Waals surface area contributed by atoms with E-state index in [0.717, 1.165) is 76.0 Å². The molecular weight excluding hydrogens is 480 g/mol. The van der Waals surface area contributed by atoms with Crippen LogP contribution in [0.15, 0.2) is 55.1 Å². The largest absolute Gasteiger partial charge is 0.487 e. The molecule has 38 heavy (non-hydrogen) atoms. The van der Waals surface area contributed by atoms with Gasteiger partial charge in [-0.1, -0.05) is 0 Å². The highest BCUT2D eigenvalue weighted by Gasteiger charge is 2.33. The Kier molecular flexibility index (Phi) is 5.29. The van der Waals surface area contributed by atoms with Crippen molar-refractivity contribution in [3.63, 3.8) is 0 Å². The number of hydrogen-bond donors (Lipinski definition) is 1. The van der Waals surface area contributed by atoms with Crippen molar-refractivity contribution in [1.29, 1.82) is 0 Å². The van der Waals surface area contributed by atoms with Gasteiger partial charge in [0.15, 0.2) is 17.4 Å². The minimum Gasteiger partial charge on any atom is -0.487 e. The Morgan fingerprint density at radius 1 is 1.00 bits per heavy atom. The first-order chi connectivity index (χ1) is 18.5. The summed E-state index contributed by atoms with van der Waals surface area (Å²) in [6, 6.07) is 14.2. The molecule has 2 aliphatic rings. The molecule has 0 spiro atoms. The van der Waals surface area contributed by atoms with Crippen LogP contribution in [0.25, 0.3) is 22.1 Å². The zero-order chi connectivity index (χ0) is 25.8. The molecule has 0 saturated carbocycles. The number of rotatable bonds is 4. The first-order valence-corrected chi connectivity index (χ1v) is 12.7. The van der Waals surface area contributed by atoms with E-state index in [2.05, 4.69) is 37.1 Å². The van der Waals surface area contributed by atoms with Crippen LogP contribution in [0.2, 0.25) is 0 Å². The molecule has 1 saturated heterocycles. The van der Waals surface area contributed by atoms with Gasteiger partial charge in [-0.3, -0.25) is 0 Å². The topological polar surface area (TPSA) is 93.5 Å². The second kappa shape index (κ2) is 8.84. The third kappa shape index (κ3) is 3.93. The molecule has 3 aromatic heterocycles. The van der Waals surface area contributed by atoms with Gasteiger partial charge in [0.1, 0.15) is 29.9 Å². The molecule has 7 rings (SSSR count). The minimum atomic E-state index is 0.292. The normalized spacial score (nSPS) is 17.2. The van der Waals surface area contributed by atoms with Crippen LogP contribution >= 0.6 is 0 Å². The lowest BCUT2D eigenvalue weighted by molar-refractivity contribution is 0.187. The van der Waals surface area contributed by atoms with E-state index in [1.165, 1.54) is 0 Å². The minimum absolute atomic E-state index is 0.292. The third-order valence-electron chi connectivity index (χ3n) is 7.31. The Hall–Kier alpha value is -4.44. The van der Waals surface area contributed by atoms with Crippen molar-refractivity contribution >= 4 is 39.4 Å². The molecule has 0 radical (unpaired) electrons. The number of aromatic nitrogens is 5. The average Bonchev–Trinajstić information content (AvgIpc) is 3.29. The van der Waals surface area contributed by atoms with Gasteiger partial charge >= 0.3 is 0 Å². The maximum absolute atomic E-state index is 6.18. The first-order valence-electron chi connectivity index (χ1n) is 12.7. The summed E-state index contributed by atoms with van der Waals surface area (Å²) in [6.07, 6.45) is 3.36. The Morgan fingerprint density at radius 3 is 2.82 bits per heavy atom. The van der Waals surface area contributed by atoms with Crippen molar-refractivity contribution < 1.29 is 9.47 Å². The van der Waals surface area contributed by atoms with E-state index in [4.69, 9.17) is 14.5 Å². The van der Waals surface area contributed by atoms with Crippen LogP contribution in [0, 0.1) is 6.92 Å². The molecule has 10 heteroatoms. The van der Waals surface area contributed by atoms with Gasteiger partial charge in [0.2, 0.25) is 0 Å². The van der Waals surface area contributed by atoms with E-state index in [9.17, 15) is 0 Å². The number of aryl methyl sites for hydroxylation is 2. The Labute approximate surface area is 219 Å². The molecule has 1 atom stereocenters. The van der Waals surface area contributed by atoms with Crippen LogP contribution in [-0.4, -0.2) is 68.7 Å². The molecule has 0 amide bonds. The number of ether oxygens (including phenoxy) is 2. The van der Waals surface area contributed by atoms with Crippen molar-refractivity contribution in [3.8, 4) is 17.2 Å². The summed E-state index contributed by atoms with van der Waals surface area (Å²) in [5.41, 5.74) is 5.32. The van der Waals surface area contributed by atoms with E-state index in [1.807, 2.05) is 61.0 Å². The SMILES string of the molecule is Cc1cc(Nc2ncnc3cc4c(nc23)N2CCN(C)C[C@H]2CO4)ccc1Oc1ccc2c(c1)ncn2C. The number of benzene rings is 2. The third-order valence-corrected chi connectivity index (χ3v) is 7.31. The van der Waals surface area contributed by atoms with E-state index in [-0.39, 0.29) is 0 Å². The van der Waals surface area contributed by atoms with Crippen molar-refractivity contribution in [2.24, 2.45) is 7.05 Å². The number of imidazole rings is 1. The summed E-state index contributed by atoms with van der Waals surface area (Å²) in [4.78, 5) is 23.1. The number of anilines is 3. The summed E-state index contributed by atoms with van der Waals surface area (Å²) in [5.74, 6) is 3.83. The number of pyridine rings is 1. The average molecular weight is 509 g/mol. The van der Waals surface area contributed by atoms with Gasteiger partial charge in [-0.2, -0.15) is 0 Å². The van der Waals surface area contributed by atoms with Crippen LogP contribution in [0.5, 0.6) is 17.2 Å². The quantitative estimate of drug-likeness (QED) is 0.382. The fourth-order valence-electron chi connectivity index (χ4n) is 5.26. The van der Waals surface area contributed by atoms with Gasteiger partial charge < -0.3 is 29.2 Å². The zero-order valence-electron chi connectivity index (χ0n) is 21.5. The Morgan fingerprint density at radius 2 is 1.92 bits per heavy atom. The molecule has 10 nitrogen and oxygen atoms in total. The second-order valence-electron chi connectivity index (χ2n) is 10.0. The van der Waals surface area contributed by atoms with Gasteiger partial charge in [0.05, 0.1) is 28.9 Å². The highest BCUT2D eigenvalue weighted by Crippen LogP contribution is 2.37. The molecule has 1 fully saturated rings. The lowest BCUT2D eigenvalue weighted by atomic mass is 10.1. The Bertz CT molecular complexity index is 1680. The Balaban J connectivity index is 1.16. The van der Waals surface area contributed by atoms with Gasteiger partial charge in [0, 0.05) is 44.5 Å². The summed E-state index contributed by atoms with van der Waals surface area (Å²) < 4.78 is 14.3. The van der Waals surface area contributed by atoms with Gasteiger partial charge in [-0.05, 0) is 49.9 Å². The van der Waals surface area contributed by atoms with Crippen molar-refractivity contribution in [1.82, 2.24) is 29.4 Å². The number of nitrogens with one attached hydrogen (secondary N) is 1. The molecule has 5 heterocycles. The fourth-order valence-corrected chi connectivity index (χ4v) is 5.26. The predicted octanol–water partition coefficient (Wildman–Crippen LogP) is 4.27. The highest BCUT2D eigenvalue weighted by atomic mass is 16.5. The first kappa shape index (κ1) is 22.7. The van der Waals surface area contributed by atoms with Crippen molar-refractivity contribution in [2.45, 2.75) is 13.0 Å². The van der Waals surface area contributed by atoms with E-state index in [0.29, 0.717) is 18.5 Å². The molecule has 192 valence electrons. The van der Waals surface area contributed by atoms with E-state index < -0.39 is 0 Å². The lowest BCUT2D eigenvalue weighted by Crippen LogP contribution is -2.56. The van der Waals surface area contributed by atoms with E-state index >= 15 is 0 Å². The number of fused-ring (bicyclic) bond motifs is 5. The van der Waals surface area contributed by atoms with Crippen LogP contribution in [0.3, 0.4) is 0 Å². The van der Waals surface area contributed by atoms with Crippen molar-refractivity contribution in [3.05, 3.63) is 60.7 Å². The van der Waals surface area contributed by atoms with Crippen LogP contribution in [0.4, 0.5) is 17.3 Å². The predicted molar refractivity (Wildman–Crippen MR) is 147 cm³/mol. The maximum Gasteiger partial charge on any atom is 0.172 e. The lowest BCUT2D eigenvalue weighted by Gasteiger charge is -2.43. The smallest absolute Gasteiger partial charge is 0.172 e. The zero-order valence-corrected chi connectivity index (χ0v) is 21.5. The highest BCUT2D eigenvalue weighted by molar-refractivity contribution is 5.90. The van der Waals surface area contributed by atoms with Gasteiger partial charge in [-0.15, -0.1) is 0 Å². The number of piperazine rings is 1. The fraction of sp³-hybridized carbons (Fsp3) is 0.286. The molecule has 2 aliphatic heterocycles. The van der Waals surface area contributed by atoms with E-state index in [1.54, 1.807) is 12.7 Å². The van der Waals surface area contributed by atoms with Crippen LogP contribution in [0.1, 0.15) is 5.56 Å². The standard InChI is InChI=1S/C28H28N8O2/c1-17-10-18(4-7-24(17)38-20-5-6-23-21(11-20)31-16-35(23)3)32-27-26-22(29-15-30-27)12-25-28(33-26)36-9-8-34(2)13-19(36)14-37-25/h4-7,10-12,15-16,19H,8-9,13-14H2,1-3H3,(H,29,30,32)/t19-/m0/s1. The molecule has 0 unspecified atom stereocenters. The molecule has 0 aliphatic carbocycles. The number of nitrogens with zero attached hydrogens (tertiary/aromatic N) is 7. The summed E-state index contributed by atoms with van der Waals surface area (Å²) in [7, 11) is 4.13. The number of hydrogen-bond acceptors (Lipinski definition) is 9. The van der Waals surface area contributed by atoms with Crippen molar-refractivity contribution in [2.75, 3.05) is 43.5 Å². The monoisotopic (exact) mass is 508 g/mol. The summed E-state index contributed by atoms with van der Waals surface area (Å²) >= 11 is 0. The molecule has 2 aromatic carbocycles. The molecule has 5 aromatic rings. The molecule has 1 N–H and O–H groups in total. The summed E-state index contributed by atoms with van der Waals surface area (Å²) in [6.45, 7) is 5.55. The van der Waals surface area contributed by atoms with Gasteiger partial charge in [0.25, 0.3) is 0 Å². The molecule has 0 bridgehead atoms. The van der Waals surface area contributed by atoms with Gasteiger partial charge in [-0.25, -0.2) is 19.9 Å². The second-order valence-corrected chi connectivity index (χ2v) is 10.0.